The van der Waals surface area contributed by atoms with Crippen molar-refractivity contribution in [2.45, 2.75) is 70.1 Å². The lowest BCUT2D eigenvalue weighted by atomic mass is 10.0. The molecule has 1 aliphatic heterocycles. The van der Waals surface area contributed by atoms with E-state index in [1.54, 1.807) is 24.3 Å². The average molecular weight is 490 g/mol. The summed E-state index contributed by atoms with van der Waals surface area (Å²) < 4.78 is 0. The third-order valence-corrected chi connectivity index (χ3v) is 5.82. The first-order valence-corrected chi connectivity index (χ1v) is 11.7. The minimum atomic E-state index is -1.36. The normalized spacial score (nSPS) is 17.9. The van der Waals surface area contributed by atoms with E-state index in [1.165, 1.54) is 0 Å². The van der Waals surface area contributed by atoms with Crippen molar-refractivity contribution < 1.29 is 29.1 Å². The molecule has 1 saturated heterocycles. The van der Waals surface area contributed by atoms with Crippen LogP contribution >= 0.6 is 0 Å². The highest BCUT2D eigenvalue weighted by Crippen LogP contribution is 2.19. The van der Waals surface area contributed by atoms with Gasteiger partial charge in [-0.1, -0.05) is 44.2 Å². The van der Waals surface area contributed by atoms with Crippen molar-refractivity contribution >= 4 is 29.6 Å². The Morgan fingerprint density at radius 2 is 1.69 bits per heavy atom. The number of carbonyl (C=O) groups excluding carboxylic acids is 4. The fourth-order valence-corrected chi connectivity index (χ4v) is 4.11. The lowest BCUT2D eigenvalue weighted by Gasteiger charge is -2.28. The summed E-state index contributed by atoms with van der Waals surface area (Å²) in [6, 6.07) is 4.65. The van der Waals surface area contributed by atoms with E-state index < -0.39 is 60.2 Å². The number of amides is 4. The first kappa shape index (κ1) is 27.8. The number of hydrogen-bond donors (Lipinski definition) is 5. The van der Waals surface area contributed by atoms with Gasteiger partial charge in [0.2, 0.25) is 23.6 Å². The van der Waals surface area contributed by atoms with E-state index in [0.29, 0.717) is 12.8 Å². The number of carboxylic acid groups (broad SMARTS) is 1. The molecular formula is C24H35N5O6. The van der Waals surface area contributed by atoms with E-state index in [0.717, 1.165) is 10.5 Å². The Morgan fingerprint density at radius 1 is 1.06 bits per heavy atom. The fraction of sp³-hybridized carbons (Fsp3) is 0.542. The van der Waals surface area contributed by atoms with Gasteiger partial charge in [-0.25, -0.2) is 4.79 Å². The summed E-state index contributed by atoms with van der Waals surface area (Å²) >= 11 is 0. The number of benzene rings is 1. The second-order valence-corrected chi connectivity index (χ2v) is 9.25. The van der Waals surface area contributed by atoms with E-state index in [1.807, 2.05) is 19.9 Å². The molecule has 11 heteroatoms. The van der Waals surface area contributed by atoms with Crippen LogP contribution in [0.5, 0.6) is 0 Å². The van der Waals surface area contributed by atoms with Crippen LogP contribution in [-0.4, -0.2) is 70.3 Å². The van der Waals surface area contributed by atoms with Gasteiger partial charge in [0.15, 0.2) is 0 Å². The first-order valence-electron chi connectivity index (χ1n) is 11.7. The molecule has 192 valence electrons. The molecule has 1 fully saturated rings. The zero-order chi connectivity index (χ0) is 26.1. The van der Waals surface area contributed by atoms with Crippen LogP contribution in [-0.2, 0) is 30.4 Å². The molecule has 2 rings (SSSR count). The number of likely N-dealkylation sites (tertiary alicyclic amines) is 1. The van der Waals surface area contributed by atoms with Gasteiger partial charge in [-0.05, 0) is 30.7 Å². The number of nitrogens with one attached hydrogen (secondary N) is 2. The van der Waals surface area contributed by atoms with E-state index in [9.17, 15) is 29.1 Å². The Balaban J connectivity index is 2.23. The Bertz CT molecular complexity index is 922. The summed E-state index contributed by atoms with van der Waals surface area (Å²) in [5, 5.41) is 14.6. The standard InChI is InChI=1S/C24H35N5O6/c1-14(2)11-16(25)21(31)27-17(12-15-7-4-3-5-8-15)22(32)28-18(13-20(26)30)23(33)29-10-6-9-19(29)24(34)35/h3-5,7-8,14,16-19H,6,9-13,25H2,1-2H3,(H2,26,30)(H,27,31)(H,28,32)(H,34,35). The molecule has 35 heavy (non-hydrogen) atoms. The number of aliphatic carboxylic acids is 1. The summed E-state index contributed by atoms with van der Waals surface area (Å²) in [5.74, 6) is -3.76. The molecule has 1 aromatic carbocycles. The van der Waals surface area contributed by atoms with Gasteiger partial charge in [0, 0.05) is 13.0 Å². The van der Waals surface area contributed by atoms with Gasteiger partial charge in [0.25, 0.3) is 0 Å². The molecule has 4 amide bonds. The number of hydrogen-bond acceptors (Lipinski definition) is 6. The second kappa shape index (κ2) is 12.8. The quantitative estimate of drug-likeness (QED) is 0.262. The van der Waals surface area contributed by atoms with Gasteiger partial charge in [-0.15, -0.1) is 0 Å². The van der Waals surface area contributed by atoms with Crippen LogP contribution in [0.15, 0.2) is 30.3 Å². The fourth-order valence-electron chi connectivity index (χ4n) is 4.11. The number of primary amides is 1. The highest BCUT2D eigenvalue weighted by Gasteiger charge is 2.39. The average Bonchev–Trinajstić information content (AvgIpc) is 3.28. The molecule has 1 heterocycles. The predicted octanol–water partition coefficient (Wildman–Crippen LogP) is -0.477. The monoisotopic (exact) mass is 489 g/mol. The van der Waals surface area contributed by atoms with Gasteiger partial charge in [0.05, 0.1) is 12.5 Å². The minimum Gasteiger partial charge on any atom is -0.480 e. The molecule has 0 spiro atoms. The lowest BCUT2D eigenvalue weighted by Crippen LogP contribution is -2.58. The van der Waals surface area contributed by atoms with Crippen LogP contribution in [0, 0.1) is 5.92 Å². The molecule has 0 radical (unpaired) electrons. The summed E-state index contributed by atoms with van der Waals surface area (Å²) in [5.41, 5.74) is 12.0. The van der Waals surface area contributed by atoms with E-state index in [-0.39, 0.29) is 25.3 Å². The number of nitrogens with zero attached hydrogens (tertiary/aromatic N) is 1. The maximum atomic E-state index is 13.2. The molecule has 1 aliphatic rings. The van der Waals surface area contributed by atoms with Crippen molar-refractivity contribution in [1.29, 1.82) is 0 Å². The molecule has 4 unspecified atom stereocenters. The van der Waals surface area contributed by atoms with E-state index >= 15 is 0 Å². The third-order valence-electron chi connectivity index (χ3n) is 5.82. The van der Waals surface area contributed by atoms with Crippen LogP contribution in [0.4, 0.5) is 0 Å². The molecule has 0 aliphatic carbocycles. The van der Waals surface area contributed by atoms with Gasteiger partial charge < -0.3 is 32.1 Å². The molecule has 0 saturated carbocycles. The minimum absolute atomic E-state index is 0.117. The van der Waals surface area contributed by atoms with Crippen LogP contribution in [0.1, 0.15) is 45.1 Å². The zero-order valence-corrected chi connectivity index (χ0v) is 20.1. The third kappa shape index (κ3) is 8.36. The summed E-state index contributed by atoms with van der Waals surface area (Å²) in [4.78, 5) is 63.3. The van der Waals surface area contributed by atoms with Gasteiger partial charge in [-0.2, -0.15) is 0 Å². The van der Waals surface area contributed by atoms with Gasteiger partial charge in [-0.3, -0.25) is 19.2 Å². The van der Waals surface area contributed by atoms with Crippen LogP contribution in [0.25, 0.3) is 0 Å². The molecule has 0 bridgehead atoms. The molecule has 7 N–H and O–H groups in total. The van der Waals surface area contributed by atoms with Gasteiger partial charge in [0.1, 0.15) is 18.1 Å². The van der Waals surface area contributed by atoms with Crippen molar-refractivity contribution in [3.8, 4) is 0 Å². The molecule has 0 aromatic heterocycles. The van der Waals surface area contributed by atoms with E-state index in [2.05, 4.69) is 10.6 Å². The maximum absolute atomic E-state index is 13.2. The molecular weight excluding hydrogens is 454 g/mol. The number of carbonyl (C=O) groups is 5. The largest absolute Gasteiger partial charge is 0.480 e. The number of rotatable bonds is 12. The number of nitrogens with two attached hydrogens (primary N) is 2. The van der Waals surface area contributed by atoms with Crippen molar-refractivity contribution in [3.05, 3.63) is 35.9 Å². The zero-order valence-electron chi connectivity index (χ0n) is 20.1. The Morgan fingerprint density at radius 3 is 2.26 bits per heavy atom. The van der Waals surface area contributed by atoms with Crippen molar-refractivity contribution in [2.24, 2.45) is 17.4 Å². The second-order valence-electron chi connectivity index (χ2n) is 9.25. The molecule has 4 atom stereocenters. The summed E-state index contributed by atoms with van der Waals surface area (Å²) in [7, 11) is 0. The van der Waals surface area contributed by atoms with Crippen LogP contribution < -0.4 is 22.1 Å². The topological polar surface area (TPSA) is 185 Å². The smallest absolute Gasteiger partial charge is 0.326 e. The van der Waals surface area contributed by atoms with Gasteiger partial charge >= 0.3 is 5.97 Å². The van der Waals surface area contributed by atoms with Crippen LogP contribution in [0.3, 0.4) is 0 Å². The molecule has 1 aromatic rings. The highest BCUT2D eigenvalue weighted by atomic mass is 16.4. The summed E-state index contributed by atoms with van der Waals surface area (Å²) in [6.45, 7) is 4.03. The highest BCUT2D eigenvalue weighted by molar-refractivity contribution is 5.96. The maximum Gasteiger partial charge on any atom is 0.326 e. The van der Waals surface area contributed by atoms with Crippen molar-refractivity contribution in [1.82, 2.24) is 15.5 Å². The summed E-state index contributed by atoms with van der Waals surface area (Å²) in [6.07, 6.45) is 0.789. The Hall–Kier alpha value is -3.47. The predicted molar refractivity (Wildman–Crippen MR) is 128 cm³/mol. The SMILES string of the molecule is CC(C)CC(N)C(=O)NC(Cc1ccccc1)C(=O)NC(CC(N)=O)C(=O)N1CCCC1C(=O)O. The molecule has 11 nitrogen and oxygen atoms in total. The van der Waals surface area contributed by atoms with E-state index in [4.69, 9.17) is 11.5 Å². The Labute approximate surface area is 204 Å². The Kier molecular flexibility index (Phi) is 10.2. The first-order chi connectivity index (χ1) is 16.5. The van der Waals surface area contributed by atoms with Crippen molar-refractivity contribution in [2.75, 3.05) is 6.54 Å². The van der Waals surface area contributed by atoms with Crippen LogP contribution in [0.2, 0.25) is 0 Å². The van der Waals surface area contributed by atoms with Crippen molar-refractivity contribution in [3.63, 3.8) is 0 Å². The lowest BCUT2D eigenvalue weighted by molar-refractivity contribution is -0.149. The number of carboxylic acids is 1.